The van der Waals surface area contributed by atoms with E-state index >= 15 is 0 Å². The van der Waals surface area contributed by atoms with Gasteiger partial charge in [0.1, 0.15) is 12.4 Å². The van der Waals surface area contributed by atoms with Gasteiger partial charge in [0.05, 0.1) is 6.20 Å². The van der Waals surface area contributed by atoms with Crippen molar-refractivity contribution in [2.24, 2.45) is 0 Å². The first-order valence-corrected chi connectivity index (χ1v) is 3.70. The predicted molar refractivity (Wildman–Crippen MR) is 42.3 cm³/mol. The first-order chi connectivity index (χ1) is 6.89. The molecular weight excluding hydrogens is 215 g/mol. The van der Waals surface area contributed by atoms with Crippen LogP contribution in [0.4, 0.5) is 19.0 Å². The topological polar surface area (TPSA) is 78.1 Å². The highest BCUT2D eigenvalue weighted by Gasteiger charge is 2.40. The first kappa shape index (κ1) is 11.2. The van der Waals surface area contributed by atoms with Crippen LogP contribution in [0.25, 0.3) is 0 Å². The van der Waals surface area contributed by atoms with Gasteiger partial charge in [-0.15, -0.1) is 5.10 Å². The largest absolute Gasteiger partial charge is 0.490 e. The molecule has 8 heteroatoms. The number of nitrogens with zero attached hydrogens (tertiary/aromatic N) is 2. The number of halogens is 3. The fourth-order valence-corrected chi connectivity index (χ4v) is 0.735. The van der Waals surface area contributed by atoms with E-state index in [1.165, 1.54) is 6.07 Å². The smallest absolute Gasteiger partial charge is 0.454 e. The summed E-state index contributed by atoms with van der Waals surface area (Å²) in [6.07, 6.45) is -3.84. The molecule has 1 rings (SSSR count). The number of aromatic nitrogens is 2. The quantitative estimate of drug-likeness (QED) is 0.742. The van der Waals surface area contributed by atoms with Gasteiger partial charge in [-0.1, -0.05) is 0 Å². The predicted octanol–water partition coefficient (Wildman–Crippen LogP) is 0.664. The standard InChI is InChI=1S/C7H6F3N3O2/c8-7(9,10)6(14)15-3-4-1-5(11)13-12-2-4/h1-2H,3H2,(H2,11,13). The summed E-state index contributed by atoms with van der Waals surface area (Å²) in [5, 5.41) is 6.76. The van der Waals surface area contributed by atoms with Crippen LogP contribution in [0.3, 0.4) is 0 Å². The van der Waals surface area contributed by atoms with Gasteiger partial charge >= 0.3 is 12.1 Å². The third-order valence-electron chi connectivity index (χ3n) is 1.33. The lowest BCUT2D eigenvalue weighted by molar-refractivity contribution is -0.201. The number of hydrogen-bond acceptors (Lipinski definition) is 5. The van der Waals surface area contributed by atoms with Gasteiger partial charge in [-0.3, -0.25) is 0 Å². The molecular formula is C7H6F3N3O2. The van der Waals surface area contributed by atoms with Crippen LogP contribution in [-0.2, 0) is 16.1 Å². The average molecular weight is 221 g/mol. The summed E-state index contributed by atoms with van der Waals surface area (Å²) < 4.78 is 39.1. The van der Waals surface area contributed by atoms with Crippen molar-refractivity contribution in [2.75, 3.05) is 5.73 Å². The summed E-state index contributed by atoms with van der Waals surface area (Å²) in [4.78, 5) is 10.3. The van der Waals surface area contributed by atoms with Crippen LogP contribution in [0.1, 0.15) is 5.56 Å². The molecule has 1 aromatic rings. The number of nitrogens with two attached hydrogens (primary N) is 1. The molecule has 0 amide bonds. The third-order valence-corrected chi connectivity index (χ3v) is 1.33. The Balaban J connectivity index is 2.55. The fourth-order valence-electron chi connectivity index (χ4n) is 0.735. The van der Waals surface area contributed by atoms with Crippen molar-refractivity contribution in [1.29, 1.82) is 0 Å². The number of ether oxygens (including phenoxy) is 1. The van der Waals surface area contributed by atoms with E-state index in [9.17, 15) is 18.0 Å². The van der Waals surface area contributed by atoms with Gasteiger partial charge in [0.25, 0.3) is 0 Å². The highest BCUT2D eigenvalue weighted by Crippen LogP contribution is 2.17. The summed E-state index contributed by atoms with van der Waals surface area (Å²) in [7, 11) is 0. The van der Waals surface area contributed by atoms with E-state index < -0.39 is 18.8 Å². The lowest BCUT2D eigenvalue weighted by Gasteiger charge is -2.06. The maximum Gasteiger partial charge on any atom is 0.490 e. The van der Waals surface area contributed by atoms with Crippen molar-refractivity contribution in [3.63, 3.8) is 0 Å². The van der Waals surface area contributed by atoms with Crippen molar-refractivity contribution in [1.82, 2.24) is 10.2 Å². The molecule has 1 heterocycles. The van der Waals surface area contributed by atoms with E-state index in [4.69, 9.17) is 5.73 Å². The zero-order valence-electron chi connectivity index (χ0n) is 7.28. The van der Waals surface area contributed by atoms with Gasteiger partial charge < -0.3 is 10.5 Å². The lowest BCUT2D eigenvalue weighted by atomic mass is 10.3. The Bertz CT molecular complexity index is 367. The van der Waals surface area contributed by atoms with Crippen LogP contribution in [0.5, 0.6) is 0 Å². The molecule has 5 nitrogen and oxygen atoms in total. The monoisotopic (exact) mass is 221 g/mol. The van der Waals surface area contributed by atoms with E-state index in [2.05, 4.69) is 14.9 Å². The van der Waals surface area contributed by atoms with Crippen molar-refractivity contribution in [2.45, 2.75) is 12.8 Å². The maximum atomic E-state index is 11.7. The Hall–Kier alpha value is -1.86. The maximum absolute atomic E-state index is 11.7. The second kappa shape index (κ2) is 4.11. The molecule has 0 atom stereocenters. The summed E-state index contributed by atoms with van der Waals surface area (Å²) >= 11 is 0. The van der Waals surface area contributed by atoms with Gasteiger partial charge in [-0.25, -0.2) is 4.79 Å². The summed E-state index contributed by atoms with van der Waals surface area (Å²) in [5.74, 6) is -2.21. The molecule has 0 fully saturated rings. The van der Waals surface area contributed by atoms with Crippen LogP contribution in [0.15, 0.2) is 12.3 Å². The Labute approximate surface area is 82.0 Å². The highest BCUT2D eigenvalue weighted by molar-refractivity contribution is 5.75. The van der Waals surface area contributed by atoms with E-state index in [0.29, 0.717) is 0 Å². The molecule has 0 aliphatic rings. The van der Waals surface area contributed by atoms with Crippen LogP contribution in [-0.4, -0.2) is 22.3 Å². The van der Waals surface area contributed by atoms with E-state index in [1.54, 1.807) is 0 Å². The van der Waals surface area contributed by atoms with Crippen molar-refractivity contribution < 1.29 is 22.7 Å². The molecule has 0 saturated heterocycles. The zero-order chi connectivity index (χ0) is 11.5. The molecule has 0 aromatic carbocycles. The Kier molecular flexibility index (Phi) is 3.08. The second-order valence-electron chi connectivity index (χ2n) is 2.56. The molecule has 0 spiro atoms. The molecule has 2 N–H and O–H groups in total. The SMILES string of the molecule is Nc1cc(COC(=O)C(F)(F)F)cnn1. The average Bonchev–Trinajstić information content (AvgIpc) is 2.12. The number of hydrogen-bond donors (Lipinski definition) is 1. The minimum Gasteiger partial charge on any atom is -0.454 e. The number of anilines is 1. The number of carbonyl (C=O) groups excluding carboxylic acids is 1. The number of alkyl halides is 3. The molecule has 15 heavy (non-hydrogen) atoms. The molecule has 0 aliphatic heterocycles. The van der Waals surface area contributed by atoms with Gasteiger partial charge in [0.2, 0.25) is 0 Å². The molecule has 82 valence electrons. The van der Waals surface area contributed by atoms with Crippen molar-refractivity contribution in [3.8, 4) is 0 Å². The van der Waals surface area contributed by atoms with Crippen molar-refractivity contribution in [3.05, 3.63) is 17.8 Å². The Morgan fingerprint density at radius 3 is 2.73 bits per heavy atom. The Morgan fingerprint density at radius 2 is 2.20 bits per heavy atom. The summed E-state index contributed by atoms with van der Waals surface area (Å²) in [5.41, 5.74) is 5.45. The molecule has 0 unspecified atom stereocenters. The van der Waals surface area contributed by atoms with E-state index in [0.717, 1.165) is 6.20 Å². The summed E-state index contributed by atoms with van der Waals surface area (Å²) in [6, 6.07) is 1.26. The van der Waals surface area contributed by atoms with Crippen LogP contribution >= 0.6 is 0 Å². The van der Waals surface area contributed by atoms with Crippen LogP contribution < -0.4 is 5.73 Å². The first-order valence-electron chi connectivity index (χ1n) is 3.70. The number of carbonyl (C=O) groups is 1. The number of nitrogen functional groups attached to an aromatic ring is 1. The third kappa shape index (κ3) is 3.41. The zero-order valence-corrected chi connectivity index (χ0v) is 7.28. The minimum absolute atomic E-state index is 0.0376. The van der Waals surface area contributed by atoms with Gasteiger partial charge in [0.15, 0.2) is 0 Å². The van der Waals surface area contributed by atoms with Gasteiger partial charge in [-0.2, -0.15) is 18.3 Å². The fraction of sp³-hybridized carbons (Fsp3) is 0.286. The minimum atomic E-state index is -4.99. The van der Waals surface area contributed by atoms with Gasteiger partial charge in [-0.05, 0) is 6.07 Å². The Morgan fingerprint density at radius 1 is 1.53 bits per heavy atom. The van der Waals surface area contributed by atoms with E-state index in [-0.39, 0.29) is 11.4 Å². The van der Waals surface area contributed by atoms with Gasteiger partial charge in [0, 0.05) is 5.56 Å². The molecule has 0 radical (unpaired) electrons. The second-order valence-corrected chi connectivity index (χ2v) is 2.56. The number of rotatable bonds is 2. The molecule has 1 aromatic heterocycles. The number of esters is 1. The normalized spacial score (nSPS) is 11.1. The molecule has 0 saturated carbocycles. The van der Waals surface area contributed by atoms with Crippen molar-refractivity contribution >= 4 is 11.8 Å². The molecule has 0 bridgehead atoms. The highest BCUT2D eigenvalue weighted by atomic mass is 19.4. The van der Waals surface area contributed by atoms with E-state index in [1.807, 2.05) is 0 Å². The summed E-state index contributed by atoms with van der Waals surface area (Å²) in [6.45, 7) is -0.544. The molecule has 0 aliphatic carbocycles. The van der Waals surface area contributed by atoms with Crippen LogP contribution in [0, 0.1) is 0 Å². The lowest BCUT2D eigenvalue weighted by Crippen LogP contribution is -2.25. The van der Waals surface area contributed by atoms with Crippen LogP contribution in [0.2, 0.25) is 0 Å².